The van der Waals surface area contributed by atoms with Gasteiger partial charge in [0.15, 0.2) is 0 Å². The molecule has 1 aliphatic rings. The van der Waals surface area contributed by atoms with Crippen LogP contribution in [0.3, 0.4) is 0 Å². The first-order valence-corrected chi connectivity index (χ1v) is 4.37. The minimum atomic E-state index is 0.255. The number of hydrogen-bond donors (Lipinski definition) is 1. The van der Waals surface area contributed by atoms with E-state index in [1.54, 1.807) is 0 Å². The van der Waals surface area contributed by atoms with Crippen molar-refractivity contribution in [3.8, 4) is 6.07 Å². The van der Waals surface area contributed by atoms with Crippen molar-refractivity contribution in [2.75, 3.05) is 6.54 Å². The summed E-state index contributed by atoms with van der Waals surface area (Å²) >= 11 is 0. The molecular formula is C9H16N2. The Morgan fingerprint density at radius 1 is 1.45 bits per heavy atom. The van der Waals surface area contributed by atoms with Crippen LogP contribution in [-0.2, 0) is 0 Å². The molecule has 1 heterocycles. The van der Waals surface area contributed by atoms with Gasteiger partial charge in [-0.1, -0.05) is 13.8 Å². The van der Waals surface area contributed by atoms with Crippen molar-refractivity contribution in [2.45, 2.75) is 32.7 Å². The fourth-order valence-electron chi connectivity index (χ4n) is 1.56. The minimum Gasteiger partial charge on any atom is -0.312 e. The van der Waals surface area contributed by atoms with Crippen LogP contribution in [-0.4, -0.2) is 12.6 Å². The van der Waals surface area contributed by atoms with Gasteiger partial charge < -0.3 is 5.32 Å². The standard InChI is InChI=1S/C9H16N2/c1-7(2)9-4-3-8(5-10)6-11-9/h7-9,11H,3-4,6H2,1-2H3. The second-order valence-electron chi connectivity index (χ2n) is 3.66. The van der Waals surface area contributed by atoms with E-state index in [0.717, 1.165) is 19.4 Å². The molecule has 1 N–H and O–H groups in total. The van der Waals surface area contributed by atoms with Gasteiger partial charge in [-0.2, -0.15) is 5.26 Å². The van der Waals surface area contributed by atoms with Gasteiger partial charge in [0.05, 0.1) is 12.0 Å². The Morgan fingerprint density at radius 2 is 2.18 bits per heavy atom. The van der Waals surface area contributed by atoms with Crippen molar-refractivity contribution < 1.29 is 0 Å². The summed E-state index contributed by atoms with van der Waals surface area (Å²) in [4.78, 5) is 0. The van der Waals surface area contributed by atoms with Gasteiger partial charge >= 0.3 is 0 Å². The number of nitrogens with zero attached hydrogens (tertiary/aromatic N) is 1. The molecule has 11 heavy (non-hydrogen) atoms. The maximum Gasteiger partial charge on any atom is 0.0669 e. The second-order valence-corrected chi connectivity index (χ2v) is 3.66. The van der Waals surface area contributed by atoms with Crippen LogP contribution in [0.15, 0.2) is 0 Å². The summed E-state index contributed by atoms with van der Waals surface area (Å²) < 4.78 is 0. The summed E-state index contributed by atoms with van der Waals surface area (Å²) in [5.74, 6) is 0.958. The van der Waals surface area contributed by atoms with Crippen LogP contribution in [0.25, 0.3) is 0 Å². The highest BCUT2D eigenvalue weighted by Gasteiger charge is 2.21. The molecule has 1 saturated heterocycles. The molecule has 0 amide bonds. The van der Waals surface area contributed by atoms with E-state index in [4.69, 9.17) is 5.26 Å². The number of nitriles is 1. The molecule has 0 bridgehead atoms. The Hall–Kier alpha value is -0.550. The third-order valence-electron chi connectivity index (χ3n) is 2.44. The first-order chi connectivity index (χ1) is 5.24. The smallest absolute Gasteiger partial charge is 0.0669 e. The molecular weight excluding hydrogens is 136 g/mol. The third kappa shape index (κ3) is 2.20. The quantitative estimate of drug-likeness (QED) is 0.618. The predicted octanol–water partition coefficient (Wildman–Crippen LogP) is 1.53. The first kappa shape index (κ1) is 8.55. The molecule has 0 aromatic rings. The van der Waals surface area contributed by atoms with Crippen molar-refractivity contribution in [3.05, 3.63) is 0 Å². The molecule has 0 saturated carbocycles. The average molecular weight is 152 g/mol. The summed E-state index contributed by atoms with van der Waals surface area (Å²) in [5.41, 5.74) is 0. The Morgan fingerprint density at radius 3 is 2.55 bits per heavy atom. The third-order valence-corrected chi connectivity index (χ3v) is 2.44. The monoisotopic (exact) mass is 152 g/mol. The summed E-state index contributed by atoms with van der Waals surface area (Å²) in [7, 11) is 0. The van der Waals surface area contributed by atoms with E-state index < -0.39 is 0 Å². The van der Waals surface area contributed by atoms with Crippen LogP contribution < -0.4 is 5.32 Å². The second kappa shape index (κ2) is 3.73. The molecule has 0 spiro atoms. The van der Waals surface area contributed by atoms with E-state index in [0.29, 0.717) is 12.0 Å². The summed E-state index contributed by atoms with van der Waals surface area (Å²) in [6.07, 6.45) is 2.24. The molecule has 0 radical (unpaired) electrons. The van der Waals surface area contributed by atoms with Crippen LogP contribution >= 0.6 is 0 Å². The topological polar surface area (TPSA) is 35.8 Å². The van der Waals surface area contributed by atoms with Crippen LogP contribution in [0, 0.1) is 23.2 Å². The van der Waals surface area contributed by atoms with E-state index in [-0.39, 0.29) is 5.92 Å². The molecule has 0 aromatic carbocycles. The lowest BCUT2D eigenvalue weighted by Crippen LogP contribution is -2.41. The molecule has 2 heteroatoms. The predicted molar refractivity (Wildman–Crippen MR) is 45.0 cm³/mol. The highest BCUT2D eigenvalue weighted by atomic mass is 14.9. The number of nitrogens with one attached hydrogen (secondary N) is 1. The van der Waals surface area contributed by atoms with Gasteiger partial charge in [-0.05, 0) is 18.8 Å². The number of rotatable bonds is 1. The summed E-state index contributed by atoms with van der Waals surface area (Å²) in [6.45, 7) is 5.34. The largest absolute Gasteiger partial charge is 0.312 e. The van der Waals surface area contributed by atoms with Crippen LogP contribution in [0.4, 0.5) is 0 Å². The van der Waals surface area contributed by atoms with Gasteiger partial charge in [0.2, 0.25) is 0 Å². The van der Waals surface area contributed by atoms with Crippen LogP contribution in [0.1, 0.15) is 26.7 Å². The van der Waals surface area contributed by atoms with E-state index in [9.17, 15) is 0 Å². The van der Waals surface area contributed by atoms with Gasteiger partial charge in [0, 0.05) is 12.6 Å². The number of piperidine rings is 1. The first-order valence-electron chi connectivity index (χ1n) is 4.37. The normalized spacial score (nSPS) is 31.8. The molecule has 2 nitrogen and oxygen atoms in total. The number of hydrogen-bond acceptors (Lipinski definition) is 2. The van der Waals surface area contributed by atoms with Gasteiger partial charge in [0.25, 0.3) is 0 Å². The van der Waals surface area contributed by atoms with Crippen molar-refractivity contribution in [2.24, 2.45) is 11.8 Å². The Balaban J connectivity index is 2.31. The maximum atomic E-state index is 8.63. The fraction of sp³-hybridized carbons (Fsp3) is 0.889. The lowest BCUT2D eigenvalue weighted by Gasteiger charge is -2.29. The van der Waals surface area contributed by atoms with E-state index in [1.165, 1.54) is 0 Å². The Kier molecular flexibility index (Phi) is 2.90. The van der Waals surface area contributed by atoms with Crippen LogP contribution in [0.5, 0.6) is 0 Å². The van der Waals surface area contributed by atoms with E-state index >= 15 is 0 Å². The molecule has 2 unspecified atom stereocenters. The zero-order chi connectivity index (χ0) is 8.27. The SMILES string of the molecule is CC(C)C1CCC(C#N)CN1. The van der Waals surface area contributed by atoms with Gasteiger partial charge in [-0.3, -0.25) is 0 Å². The molecule has 62 valence electrons. The Labute approximate surface area is 68.6 Å². The molecule has 0 aliphatic carbocycles. The van der Waals surface area contributed by atoms with Crippen molar-refractivity contribution in [1.29, 1.82) is 5.26 Å². The molecule has 1 rings (SSSR count). The van der Waals surface area contributed by atoms with Crippen LogP contribution in [0.2, 0.25) is 0 Å². The van der Waals surface area contributed by atoms with Gasteiger partial charge in [-0.15, -0.1) is 0 Å². The lowest BCUT2D eigenvalue weighted by atomic mass is 9.90. The summed E-state index contributed by atoms with van der Waals surface area (Å²) in [6, 6.07) is 2.94. The zero-order valence-corrected chi connectivity index (χ0v) is 7.30. The molecule has 2 atom stereocenters. The fourth-order valence-corrected chi connectivity index (χ4v) is 1.56. The van der Waals surface area contributed by atoms with Crippen molar-refractivity contribution in [3.63, 3.8) is 0 Å². The van der Waals surface area contributed by atoms with E-state index in [2.05, 4.69) is 25.2 Å². The maximum absolute atomic E-state index is 8.63. The van der Waals surface area contributed by atoms with Crippen molar-refractivity contribution in [1.82, 2.24) is 5.32 Å². The Bertz CT molecular complexity index is 149. The highest BCUT2D eigenvalue weighted by Crippen LogP contribution is 2.17. The zero-order valence-electron chi connectivity index (χ0n) is 7.30. The molecule has 1 fully saturated rings. The lowest BCUT2D eigenvalue weighted by molar-refractivity contribution is 0.295. The average Bonchev–Trinajstić information content (AvgIpc) is 2.05. The highest BCUT2D eigenvalue weighted by molar-refractivity contribution is 4.90. The van der Waals surface area contributed by atoms with Gasteiger partial charge in [0.1, 0.15) is 0 Å². The summed E-state index contributed by atoms with van der Waals surface area (Å²) in [5, 5.41) is 12.0. The molecule has 1 aliphatic heterocycles. The van der Waals surface area contributed by atoms with E-state index in [1.807, 2.05) is 0 Å². The van der Waals surface area contributed by atoms with Gasteiger partial charge in [-0.25, -0.2) is 0 Å². The minimum absolute atomic E-state index is 0.255. The van der Waals surface area contributed by atoms with Crippen molar-refractivity contribution >= 4 is 0 Å². The molecule has 0 aromatic heterocycles.